The van der Waals surface area contributed by atoms with Gasteiger partial charge in [-0.3, -0.25) is 14.0 Å². The summed E-state index contributed by atoms with van der Waals surface area (Å²) in [5.74, 6) is 0.759. The maximum atomic E-state index is 13.2. The number of para-hydroxylation sites is 1. The lowest BCUT2D eigenvalue weighted by molar-refractivity contribution is -0.138. The van der Waals surface area contributed by atoms with Crippen molar-refractivity contribution >= 4 is 28.3 Å². The standard InChI is InChI=1S/C35H44ClN3O8S/c1-39(20-29(41)33(44)34(45)30(42)21-40)32(43)7-4-16-48(46)24-10-11-28(36)22(17-24)18-38-35(13-14-35)27-19-37-15-12-25(27)26-5-2-3-6-31(26)47-23-8-9-23/h2-3,5-6,10-12,15,17,19,23,29-30,33-34,38,40-42,44-45H,4,7-9,13-14,16,18,20-21H2,1H3. The van der Waals surface area contributed by atoms with Crippen molar-refractivity contribution in [3.8, 4) is 16.9 Å². The fourth-order valence-electron chi connectivity index (χ4n) is 5.64. The first-order valence-corrected chi connectivity index (χ1v) is 17.9. The number of amides is 1. The molecule has 2 aliphatic carbocycles. The van der Waals surface area contributed by atoms with Crippen molar-refractivity contribution in [1.29, 1.82) is 0 Å². The van der Waals surface area contributed by atoms with E-state index in [1.807, 2.05) is 36.5 Å². The van der Waals surface area contributed by atoms with Gasteiger partial charge in [0.1, 0.15) is 30.2 Å². The summed E-state index contributed by atoms with van der Waals surface area (Å²) in [6.45, 7) is -0.629. The smallest absolute Gasteiger partial charge is 0.222 e. The molecule has 0 bridgehead atoms. The van der Waals surface area contributed by atoms with Crippen LogP contribution in [0.4, 0.5) is 0 Å². The van der Waals surface area contributed by atoms with Crippen LogP contribution in [0.15, 0.2) is 65.8 Å². The van der Waals surface area contributed by atoms with Crippen molar-refractivity contribution in [2.24, 2.45) is 0 Å². The molecule has 2 aromatic carbocycles. The number of ether oxygens (including phenoxy) is 1. The van der Waals surface area contributed by atoms with Gasteiger partial charge < -0.3 is 40.5 Å². The van der Waals surface area contributed by atoms with Crippen LogP contribution in [0, 0.1) is 0 Å². The van der Waals surface area contributed by atoms with E-state index >= 15 is 0 Å². The number of benzene rings is 2. The molecule has 1 amide bonds. The number of carbonyl (C=O) groups is 1. The predicted molar refractivity (Wildman–Crippen MR) is 182 cm³/mol. The Hall–Kier alpha value is -2.94. The minimum absolute atomic E-state index is 0.0552. The first kappa shape index (κ1) is 36.3. The highest BCUT2D eigenvalue weighted by molar-refractivity contribution is 7.85. The highest BCUT2D eigenvalue weighted by Crippen LogP contribution is 2.50. The number of carbonyl (C=O) groups excluding carboxylic acids is 1. The highest BCUT2D eigenvalue weighted by Gasteiger charge is 2.46. The van der Waals surface area contributed by atoms with Crippen LogP contribution in [0.2, 0.25) is 5.02 Å². The summed E-state index contributed by atoms with van der Waals surface area (Å²) in [4.78, 5) is 18.9. The van der Waals surface area contributed by atoms with Crippen molar-refractivity contribution in [1.82, 2.24) is 15.2 Å². The molecule has 48 heavy (non-hydrogen) atoms. The summed E-state index contributed by atoms with van der Waals surface area (Å²) in [6.07, 6.45) is 1.70. The van der Waals surface area contributed by atoms with Gasteiger partial charge in [0.25, 0.3) is 0 Å². The van der Waals surface area contributed by atoms with Crippen molar-refractivity contribution in [3.05, 3.63) is 77.1 Å². The van der Waals surface area contributed by atoms with Gasteiger partial charge in [0.05, 0.1) is 23.5 Å². The fraction of sp³-hybridized carbons (Fsp3) is 0.486. The second kappa shape index (κ2) is 16.2. The van der Waals surface area contributed by atoms with E-state index in [0.29, 0.717) is 22.9 Å². The van der Waals surface area contributed by atoms with Crippen molar-refractivity contribution in [2.45, 2.75) is 86.0 Å². The number of nitrogens with zero attached hydrogens (tertiary/aromatic N) is 2. The third-order valence-electron chi connectivity index (χ3n) is 8.91. The van der Waals surface area contributed by atoms with Gasteiger partial charge in [-0.1, -0.05) is 29.8 Å². The fourth-order valence-corrected chi connectivity index (χ4v) is 6.96. The van der Waals surface area contributed by atoms with E-state index in [2.05, 4.69) is 16.4 Å². The van der Waals surface area contributed by atoms with Crippen LogP contribution in [0.25, 0.3) is 11.1 Å². The second-order valence-electron chi connectivity index (χ2n) is 12.6. The van der Waals surface area contributed by atoms with Gasteiger partial charge in [-0.15, -0.1) is 0 Å². The third kappa shape index (κ3) is 8.99. The van der Waals surface area contributed by atoms with E-state index < -0.39 is 41.8 Å². The summed E-state index contributed by atoms with van der Waals surface area (Å²) < 4.78 is 19.4. The average molecular weight is 702 g/mol. The normalized spacial score (nSPS) is 18.4. The highest BCUT2D eigenvalue weighted by atomic mass is 35.5. The molecule has 2 saturated carbocycles. The van der Waals surface area contributed by atoms with E-state index in [4.69, 9.17) is 21.4 Å². The molecule has 5 atom stereocenters. The molecular weight excluding hydrogens is 658 g/mol. The number of nitrogens with one attached hydrogen (secondary N) is 1. The molecule has 0 spiro atoms. The third-order valence-corrected chi connectivity index (χ3v) is 10.7. The number of pyridine rings is 1. The maximum Gasteiger partial charge on any atom is 0.222 e. The maximum absolute atomic E-state index is 13.2. The first-order valence-electron chi connectivity index (χ1n) is 16.2. The molecule has 2 aliphatic rings. The molecule has 0 saturated heterocycles. The number of halogens is 1. The molecular formula is C35H44ClN3O8S. The van der Waals surface area contributed by atoms with Crippen molar-refractivity contribution in [2.75, 3.05) is 26.0 Å². The van der Waals surface area contributed by atoms with Gasteiger partial charge >= 0.3 is 0 Å². The Morgan fingerprint density at radius 2 is 1.81 bits per heavy atom. The van der Waals surface area contributed by atoms with Gasteiger partial charge in [-0.2, -0.15) is 0 Å². The average Bonchev–Trinajstić information content (AvgIpc) is 4.04. The monoisotopic (exact) mass is 701 g/mol. The summed E-state index contributed by atoms with van der Waals surface area (Å²) in [6, 6.07) is 15.4. The molecule has 2 fully saturated rings. The SMILES string of the molecule is CN(CC(O)C(O)C(O)C(O)CO)C(=O)CCCS(=O)c1ccc(Cl)c(CNC2(c3cnccc3-c3ccccc3OC3CC3)CC2)c1. The van der Waals surface area contributed by atoms with Crippen molar-refractivity contribution < 1.29 is 39.3 Å². The Morgan fingerprint density at radius 1 is 1.08 bits per heavy atom. The summed E-state index contributed by atoms with van der Waals surface area (Å²) in [5.41, 5.74) is 3.76. The Morgan fingerprint density at radius 3 is 2.52 bits per heavy atom. The topological polar surface area (TPSA) is 173 Å². The summed E-state index contributed by atoms with van der Waals surface area (Å²) in [5, 5.41) is 52.6. The number of hydrogen-bond acceptors (Lipinski definition) is 10. The lowest BCUT2D eigenvalue weighted by Crippen LogP contribution is -2.49. The molecule has 11 nitrogen and oxygen atoms in total. The lowest BCUT2D eigenvalue weighted by atomic mass is 9.94. The molecule has 0 radical (unpaired) electrons. The zero-order valence-corrected chi connectivity index (χ0v) is 28.4. The van der Waals surface area contributed by atoms with Gasteiger partial charge in [0.15, 0.2) is 0 Å². The van der Waals surface area contributed by atoms with Crippen LogP contribution in [0.1, 0.15) is 49.7 Å². The van der Waals surface area contributed by atoms with E-state index in [1.54, 1.807) is 18.3 Å². The van der Waals surface area contributed by atoms with Gasteiger partial charge in [0.2, 0.25) is 5.91 Å². The van der Waals surface area contributed by atoms with Gasteiger partial charge in [-0.05, 0) is 79.1 Å². The van der Waals surface area contributed by atoms with Crippen LogP contribution in [0.5, 0.6) is 5.75 Å². The van der Waals surface area contributed by atoms with Crippen LogP contribution in [0.3, 0.4) is 0 Å². The Bertz CT molecular complexity index is 1590. The van der Waals surface area contributed by atoms with Crippen LogP contribution in [-0.2, 0) is 27.7 Å². The van der Waals surface area contributed by atoms with Crippen LogP contribution >= 0.6 is 11.6 Å². The molecule has 5 unspecified atom stereocenters. The molecule has 6 N–H and O–H groups in total. The first-order chi connectivity index (χ1) is 23.0. The molecule has 0 aliphatic heterocycles. The van der Waals surface area contributed by atoms with Crippen molar-refractivity contribution in [3.63, 3.8) is 0 Å². The minimum atomic E-state index is -1.77. The predicted octanol–water partition coefficient (Wildman–Crippen LogP) is 2.50. The minimum Gasteiger partial charge on any atom is -0.490 e. The molecule has 1 aromatic heterocycles. The number of aliphatic hydroxyl groups is 5. The molecule has 1 heterocycles. The quantitative estimate of drug-likeness (QED) is 0.116. The largest absolute Gasteiger partial charge is 0.490 e. The molecule has 3 aromatic rings. The number of likely N-dealkylation sites (N-methyl/N-ethyl adjacent to an activating group) is 1. The second-order valence-corrected chi connectivity index (χ2v) is 14.6. The number of aliphatic hydroxyl groups excluding tert-OH is 5. The summed E-state index contributed by atoms with van der Waals surface area (Å²) in [7, 11) is 0.0413. The van der Waals surface area contributed by atoms with E-state index in [9.17, 15) is 29.4 Å². The van der Waals surface area contributed by atoms with Gasteiger partial charge in [0, 0.05) is 65.7 Å². The Balaban J connectivity index is 1.16. The Labute approximate surface area is 288 Å². The van der Waals surface area contributed by atoms with E-state index in [-0.39, 0.29) is 36.3 Å². The number of hydrogen-bond donors (Lipinski definition) is 6. The van der Waals surface area contributed by atoms with Crippen LogP contribution in [-0.4, -0.2) is 102 Å². The number of rotatable bonds is 18. The molecule has 260 valence electrons. The molecule has 5 rings (SSSR count). The van der Waals surface area contributed by atoms with Gasteiger partial charge in [-0.25, -0.2) is 0 Å². The lowest BCUT2D eigenvalue weighted by Gasteiger charge is -2.28. The Kier molecular flexibility index (Phi) is 12.2. The zero-order chi connectivity index (χ0) is 34.4. The number of aromatic nitrogens is 1. The molecule has 13 heteroatoms. The van der Waals surface area contributed by atoms with E-state index in [0.717, 1.165) is 53.7 Å². The summed E-state index contributed by atoms with van der Waals surface area (Å²) >= 11 is 6.59. The zero-order valence-electron chi connectivity index (χ0n) is 26.9. The van der Waals surface area contributed by atoms with E-state index in [1.165, 1.54) is 11.9 Å². The van der Waals surface area contributed by atoms with Crippen LogP contribution < -0.4 is 10.1 Å².